The van der Waals surface area contributed by atoms with Crippen molar-refractivity contribution in [1.29, 1.82) is 0 Å². The topological polar surface area (TPSA) is 21.7 Å². The van der Waals surface area contributed by atoms with Crippen molar-refractivity contribution in [3.63, 3.8) is 0 Å². The van der Waals surface area contributed by atoms with Crippen molar-refractivity contribution in [1.82, 2.24) is 4.90 Å². The quantitative estimate of drug-likeness (QED) is 0.839. The summed E-state index contributed by atoms with van der Waals surface area (Å²) in [7, 11) is 0. The summed E-state index contributed by atoms with van der Waals surface area (Å²) in [5.74, 6) is 0.905. The molecule has 1 aliphatic heterocycles. The van der Waals surface area contributed by atoms with Gasteiger partial charge in [-0.2, -0.15) is 0 Å². The van der Waals surface area contributed by atoms with Gasteiger partial charge < -0.3 is 9.47 Å². The molecule has 0 amide bonds. The van der Waals surface area contributed by atoms with Crippen LogP contribution in [0.3, 0.4) is 0 Å². The van der Waals surface area contributed by atoms with Crippen molar-refractivity contribution >= 4 is 26.7 Å². The molecule has 1 unspecified atom stereocenters. The predicted octanol–water partition coefficient (Wildman–Crippen LogP) is 3.70. The summed E-state index contributed by atoms with van der Waals surface area (Å²) in [5, 5.41) is 2.40. The Kier molecular flexibility index (Phi) is 4.78. The van der Waals surface area contributed by atoms with Gasteiger partial charge in [0, 0.05) is 17.6 Å². The van der Waals surface area contributed by atoms with Crippen LogP contribution in [0.5, 0.6) is 5.75 Å². The van der Waals surface area contributed by atoms with Crippen LogP contribution in [0, 0.1) is 0 Å². The molecule has 1 fully saturated rings. The smallest absolute Gasteiger partial charge is 0.120 e. The van der Waals surface area contributed by atoms with Crippen LogP contribution >= 0.6 is 15.9 Å². The van der Waals surface area contributed by atoms with E-state index in [1.54, 1.807) is 0 Å². The number of halogens is 1. The third-order valence-corrected chi connectivity index (χ3v) is 4.37. The molecular weight excluding hydrogens is 330 g/mol. The monoisotopic (exact) mass is 349 g/mol. The minimum atomic E-state index is 0.166. The maximum atomic E-state index is 5.91. The molecule has 0 radical (unpaired) electrons. The molecule has 0 saturated carbocycles. The Bertz CT molecular complexity index is 617. The summed E-state index contributed by atoms with van der Waals surface area (Å²) in [6, 6.07) is 12.5. The lowest BCUT2D eigenvalue weighted by molar-refractivity contribution is -0.0463. The number of benzene rings is 2. The molecule has 21 heavy (non-hydrogen) atoms. The molecule has 112 valence electrons. The van der Waals surface area contributed by atoms with Gasteiger partial charge in [0.25, 0.3) is 0 Å². The normalized spacial score (nSPS) is 19.8. The number of fused-ring (bicyclic) bond motifs is 1. The molecule has 3 rings (SSSR count). The Balaban J connectivity index is 1.63. The summed E-state index contributed by atoms with van der Waals surface area (Å²) in [6.07, 6.45) is 0.166. The number of likely N-dealkylation sites (N-methyl/N-ethyl adjacent to an activating group) is 1. The molecular formula is C17H20BrNO2. The van der Waals surface area contributed by atoms with Crippen molar-refractivity contribution in [3.05, 3.63) is 40.9 Å². The Morgan fingerprint density at radius 3 is 2.90 bits per heavy atom. The van der Waals surface area contributed by atoms with E-state index in [1.165, 1.54) is 10.8 Å². The third-order valence-electron chi connectivity index (χ3n) is 3.88. The highest BCUT2D eigenvalue weighted by atomic mass is 79.9. The van der Waals surface area contributed by atoms with E-state index in [0.29, 0.717) is 6.61 Å². The molecule has 1 saturated heterocycles. The van der Waals surface area contributed by atoms with Crippen molar-refractivity contribution < 1.29 is 9.47 Å². The van der Waals surface area contributed by atoms with Crippen LogP contribution in [0.1, 0.15) is 6.92 Å². The first-order valence-electron chi connectivity index (χ1n) is 7.40. The summed E-state index contributed by atoms with van der Waals surface area (Å²) >= 11 is 3.49. The van der Waals surface area contributed by atoms with Crippen LogP contribution in [0.15, 0.2) is 40.9 Å². The molecule has 0 N–H and O–H groups in total. The molecule has 0 aliphatic carbocycles. The van der Waals surface area contributed by atoms with E-state index in [-0.39, 0.29) is 6.10 Å². The molecule has 4 heteroatoms. The van der Waals surface area contributed by atoms with Crippen molar-refractivity contribution in [2.75, 3.05) is 32.8 Å². The standard InChI is InChI=1S/C17H20BrNO2/c1-2-19-7-8-20-17(11-19)12-21-16-6-4-13-9-15(18)5-3-14(13)10-16/h3-6,9-10,17H,2,7-8,11-12H2,1H3. The van der Waals surface area contributed by atoms with Gasteiger partial charge in [0.15, 0.2) is 0 Å². The maximum Gasteiger partial charge on any atom is 0.120 e. The minimum Gasteiger partial charge on any atom is -0.491 e. The first-order chi connectivity index (χ1) is 10.2. The van der Waals surface area contributed by atoms with Crippen LogP contribution in [0.4, 0.5) is 0 Å². The van der Waals surface area contributed by atoms with Crippen LogP contribution in [0.2, 0.25) is 0 Å². The second-order valence-corrected chi connectivity index (χ2v) is 6.27. The van der Waals surface area contributed by atoms with Crippen LogP contribution < -0.4 is 4.74 Å². The summed E-state index contributed by atoms with van der Waals surface area (Å²) < 4.78 is 12.8. The van der Waals surface area contributed by atoms with Gasteiger partial charge in [0.05, 0.1) is 6.61 Å². The van der Waals surface area contributed by atoms with E-state index >= 15 is 0 Å². The number of hydrogen-bond donors (Lipinski definition) is 0. The molecule has 1 aliphatic rings. The van der Waals surface area contributed by atoms with Crippen LogP contribution in [-0.4, -0.2) is 43.9 Å². The fourth-order valence-corrected chi connectivity index (χ4v) is 3.02. The average molecular weight is 350 g/mol. The summed E-state index contributed by atoms with van der Waals surface area (Å²) in [4.78, 5) is 2.40. The van der Waals surface area contributed by atoms with E-state index in [0.717, 1.165) is 36.5 Å². The zero-order valence-corrected chi connectivity index (χ0v) is 13.8. The Hall–Kier alpha value is -1.10. The fraction of sp³-hybridized carbons (Fsp3) is 0.412. The van der Waals surface area contributed by atoms with E-state index < -0.39 is 0 Å². The molecule has 2 aromatic carbocycles. The molecule has 1 heterocycles. The number of morpholine rings is 1. The van der Waals surface area contributed by atoms with Crippen molar-refractivity contribution in [2.45, 2.75) is 13.0 Å². The number of rotatable bonds is 4. The van der Waals surface area contributed by atoms with Gasteiger partial charge in [0.2, 0.25) is 0 Å². The van der Waals surface area contributed by atoms with E-state index in [2.05, 4.69) is 58.1 Å². The number of ether oxygens (including phenoxy) is 2. The predicted molar refractivity (Wildman–Crippen MR) is 89.0 cm³/mol. The van der Waals surface area contributed by atoms with Gasteiger partial charge in [-0.15, -0.1) is 0 Å². The Labute approximate surface area is 134 Å². The van der Waals surface area contributed by atoms with E-state index in [4.69, 9.17) is 9.47 Å². The van der Waals surface area contributed by atoms with Crippen LogP contribution in [-0.2, 0) is 4.74 Å². The SMILES string of the molecule is CCN1CCOC(COc2ccc3cc(Br)ccc3c2)C1. The van der Waals surface area contributed by atoms with Gasteiger partial charge >= 0.3 is 0 Å². The Morgan fingerprint density at radius 1 is 1.24 bits per heavy atom. The summed E-state index contributed by atoms with van der Waals surface area (Å²) in [6.45, 7) is 6.65. The third kappa shape index (κ3) is 3.76. The lowest BCUT2D eigenvalue weighted by atomic mass is 10.1. The molecule has 2 aromatic rings. The second-order valence-electron chi connectivity index (χ2n) is 5.35. The van der Waals surface area contributed by atoms with Crippen LogP contribution in [0.25, 0.3) is 10.8 Å². The lowest BCUT2D eigenvalue weighted by Crippen LogP contribution is -2.44. The maximum absolute atomic E-state index is 5.91. The molecule has 1 atom stereocenters. The zero-order valence-electron chi connectivity index (χ0n) is 12.2. The lowest BCUT2D eigenvalue weighted by Gasteiger charge is -2.31. The van der Waals surface area contributed by atoms with Gasteiger partial charge in [-0.05, 0) is 41.6 Å². The molecule has 0 spiro atoms. The highest BCUT2D eigenvalue weighted by Crippen LogP contribution is 2.24. The first-order valence-corrected chi connectivity index (χ1v) is 8.20. The van der Waals surface area contributed by atoms with Gasteiger partial charge in [-0.25, -0.2) is 0 Å². The van der Waals surface area contributed by atoms with Gasteiger partial charge in [-0.3, -0.25) is 4.90 Å². The number of hydrogen-bond acceptors (Lipinski definition) is 3. The summed E-state index contributed by atoms with van der Waals surface area (Å²) in [5.41, 5.74) is 0. The average Bonchev–Trinajstić information content (AvgIpc) is 2.53. The van der Waals surface area contributed by atoms with Gasteiger partial charge in [-0.1, -0.05) is 35.0 Å². The molecule has 0 aromatic heterocycles. The fourth-order valence-electron chi connectivity index (χ4n) is 2.64. The first kappa shape index (κ1) is 14.8. The van der Waals surface area contributed by atoms with Gasteiger partial charge in [0.1, 0.15) is 18.5 Å². The Morgan fingerprint density at radius 2 is 2.05 bits per heavy atom. The molecule has 3 nitrogen and oxygen atoms in total. The second kappa shape index (κ2) is 6.77. The van der Waals surface area contributed by atoms with E-state index in [1.807, 2.05) is 6.07 Å². The number of nitrogens with zero attached hydrogens (tertiary/aromatic N) is 1. The van der Waals surface area contributed by atoms with E-state index in [9.17, 15) is 0 Å². The van der Waals surface area contributed by atoms with Crippen molar-refractivity contribution in [3.8, 4) is 5.75 Å². The minimum absolute atomic E-state index is 0.166. The zero-order chi connectivity index (χ0) is 14.7. The highest BCUT2D eigenvalue weighted by Gasteiger charge is 2.19. The highest BCUT2D eigenvalue weighted by molar-refractivity contribution is 9.10. The van der Waals surface area contributed by atoms with Crippen molar-refractivity contribution in [2.24, 2.45) is 0 Å². The largest absolute Gasteiger partial charge is 0.491 e. The molecule has 0 bridgehead atoms.